The second-order valence-electron chi connectivity index (χ2n) is 5.54. The molecule has 0 aliphatic heterocycles. The zero-order chi connectivity index (χ0) is 14.3. The van der Waals surface area contributed by atoms with Gasteiger partial charge in [-0.25, -0.2) is 0 Å². The molecule has 0 saturated heterocycles. The number of rotatable bonds is 14. The Morgan fingerprint density at radius 2 is 1.21 bits per heavy atom. The van der Waals surface area contributed by atoms with Crippen LogP contribution in [0.25, 0.3) is 0 Å². The highest BCUT2D eigenvalue weighted by Gasteiger charge is 2.03. The average Bonchev–Trinajstić information content (AvgIpc) is 2.35. The van der Waals surface area contributed by atoms with Gasteiger partial charge in [-0.15, -0.1) is 0 Å². The van der Waals surface area contributed by atoms with Gasteiger partial charge in [0.15, 0.2) is 0 Å². The van der Waals surface area contributed by atoms with Crippen LogP contribution in [0.4, 0.5) is 0 Å². The van der Waals surface area contributed by atoms with Gasteiger partial charge in [-0.2, -0.15) is 0 Å². The molecule has 0 rings (SSSR count). The Balaban J connectivity index is 3.10. The zero-order valence-electron chi connectivity index (χ0n) is 12.9. The largest absolute Gasteiger partial charge is 0.299 e. The summed E-state index contributed by atoms with van der Waals surface area (Å²) in [7, 11) is -0.961. The lowest BCUT2D eigenvalue weighted by molar-refractivity contribution is -0.116. The summed E-state index contributed by atoms with van der Waals surface area (Å²) in [5.74, 6) is 0.411. The lowest BCUT2D eigenvalue weighted by Gasteiger charge is -2.02. The second-order valence-corrected chi connectivity index (χ2v) is 6.98. The van der Waals surface area contributed by atoms with E-state index in [0.717, 1.165) is 12.8 Å². The van der Waals surface area contributed by atoms with E-state index in [2.05, 4.69) is 6.92 Å². The molecule has 0 radical (unpaired) electrons. The summed E-state index contributed by atoms with van der Waals surface area (Å²) < 4.78 is 10.8. The smallest absolute Gasteiger partial charge is 0.145 e. The van der Waals surface area contributed by atoms with Gasteiger partial charge in [0.05, 0.1) is 5.75 Å². The molecule has 0 aliphatic rings. The molecular formula is C16H32O2S. The van der Waals surface area contributed by atoms with Gasteiger partial charge in [0.25, 0.3) is 0 Å². The van der Waals surface area contributed by atoms with Crippen LogP contribution in [0.2, 0.25) is 0 Å². The molecule has 1 atom stereocenters. The normalized spacial score (nSPS) is 12.5. The van der Waals surface area contributed by atoms with Gasteiger partial charge < -0.3 is 0 Å². The van der Waals surface area contributed by atoms with Crippen molar-refractivity contribution in [2.24, 2.45) is 0 Å². The van der Waals surface area contributed by atoms with Crippen LogP contribution < -0.4 is 0 Å². The third-order valence-electron chi connectivity index (χ3n) is 3.42. The SMILES string of the molecule is CCCCCCCCCCCCCC(=O)CS(C)=O. The minimum atomic E-state index is -0.961. The molecule has 2 nitrogen and oxygen atoms in total. The standard InChI is InChI=1S/C16H32O2S/c1-3-4-5-6-7-8-9-10-11-12-13-14-16(17)15-19(2)18/h3-15H2,1-2H3. The molecule has 0 fully saturated rings. The topological polar surface area (TPSA) is 34.1 Å². The van der Waals surface area contributed by atoms with E-state index in [1.807, 2.05) is 0 Å². The van der Waals surface area contributed by atoms with E-state index in [9.17, 15) is 9.00 Å². The van der Waals surface area contributed by atoms with Crippen molar-refractivity contribution >= 4 is 16.6 Å². The number of hydrogen-bond donors (Lipinski definition) is 0. The molecule has 3 heteroatoms. The Morgan fingerprint density at radius 1 is 0.789 bits per heavy atom. The van der Waals surface area contributed by atoms with E-state index < -0.39 is 10.8 Å². The monoisotopic (exact) mass is 288 g/mol. The molecule has 19 heavy (non-hydrogen) atoms. The second kappa shape index (κ2) is 14.2. The van der Waals surface area contributed by atoms with Crippen LogP contribution in [0.5, 0.6) is 0 Å². The van der Waals surface area contributed by atoms with Crippen molar-refractivity contribution in [3.63, 3.8) is 0 Å². The van der Waals surface area contributed by atoms with Gasteiger partial charge in [0.2, 0.25) is 0 Å². The van der Waals surface area contributed by atoms with Crippen LogP contribution in [0, 0.1) is 0 Å². The fraction of sp³-hybridized carbons (Fsp3) is 0.938. The zero-order valence-corrected chi connectivity index (χ0v) is 13.7. The van der Waals surface area contributed by atoms with Gasteiger partial charge in [-0.05, 0) is 6.42 Å². The van der Waals surface area contributed by atoms with Crippen LogP contribution in [0.1, 0.15) is 84.0 Å². The molecule has 0 saturated carbocycles. The molecule has 0 spiro atoms. The first-order chi connectivity index (χ1) is 9.16. The minimum Gasteiger partial charge on any atom is -0.299 e. The summed E-state index contributed by atoms with van der Waals surface area (Å²) in [6.45, 7) is 2.25. The molecule has 0 aromatic heterocycles. The quantitative estimate of drug-likeness (QED) is 0.436. The Hall–Kier alpha value is -0.180. The summed E-state index contributed by atoms with van der Waals surface area (Å²) in [4.78, 5) is 11.3. The van der Waals surface area contributed by atoms with Gasteiger partial charge in [-0.1, -0.05) is 71.1 Å². The fourth-order valence-electron chi connectivity index (χ4n) is 2.29. The predicted octanol–water partition coefficient (Wildman–Crippen LogP) is 4.64. The van der Waals surface area contributed by atoms with Crippen molar-refractivity contribution in [2.75, 3.05) is 12.0 Å². The van der Waals surface area contributed by atoms with Crippen molar-refractivity contribution in [2.45, 2.75) is 84.0 Å². The van der Waals surface area contributed by atoms with Crippen LogP contribution >= 0.6 is 0 Å². The third-order valence-corrected chi connectivity index (χ3v) is 4.15. The summed E-state index contributed by atoms with van der Waals surface area (Å²) in [5, 5.41) is 0. The van der Waals surface area contributed by atoms with E-state index >= 15 is 0 Å². The van der Waals surface area contributed by atoms with Crippen LogP contribution in [0.3, 0.4) is 0 Å². The molecule has 0 aromatic carbocycles. The third kappa shape index (κ3) is 15.8. The highest BCUT2D eigenvalue weighted by Crippen LogP contribution is 2.11. The fourth-order valence-corrected chi connectivity index (χ4v) is 2.88. The highest BCUT2D eigenvalue weighted by molar-refractivity contribution is 7.85. The lowest BCUT2D eigenvalue weighted by Crippen LogP contribution is -2.08. The van der Waals surface area contributed by atoms with Crippen molar-refractivity contribution < 1.29 is 9.00 Å². The maximum atomic E-state index is 11.3. The van der Waals surface area contributed by atoms with E-state index in [0.29, 0.717) is 6.42 Å². The molecule has 0 bridgehead atoms. The average molecular weight is 288 g/mol. The maximum Gasteiger partial charge on any atom is 0.145 e. The summed E-state index contributed by atoms with van der Waals surface area (Å²) >= 11 is 0. The first-order valence-corrected chi connectivity index (χ1v) is 9.71. The molecule has 0 N–H and O–H groups in total. The van der Waals surface area contributed by atoms with Gasteiger partial charge in [0, 0.05) is 23.5 Å². The van der Waals surface area contributed by atoms with Crippen molar-refractivity contribution in [3.05, 3.63) is 0 Å². The van der Waals surface area contributed by atoms with E-state index in [4.69, 9.17) is 0 Å². The number of carbonyl (C=O) groups is 1. The Morgan fingerprint density at radius 3 is 1.63 bits per heavy atom. The van der Waals surface area contributed by atoms with Gasteiger partial charge in [0.1, 0.15) is 5.78 Å². The van der Waals surface area contributed by atoms with E-state index in [-0.39, 0.29) is 11.5 Å². The van der Waals surface area contributed by atoms with E-state index in [1.165, 1.54) is 57.8 Å². The number of ketones is 1. The Bertz CT molecular complexity index is 239. The molecular weight excluding hydrogens is 256 g/mol. The Labute approximate surface area is 122 Å². The van der Waals surface area contributed by atoms with Crippen molar-refractivity contribution in [1.29, 1.82) is 0 Å². The molecule has 0 heterocycles. The summed E-state index contributed by atoms with van der Waals surface area (Å²) in [5.41, 5.74) is 0. The predicted molar refractivity (Wildman–Crippen MR) is 85.0 cm³/mol. The van der Waals surface area contributed by atoms with Crippen molar-refractivity contribution in [3.8, 4) is 0 Å². The van der Waals surface area contributed by atoms with Gasteiger partial charge >= 0.3 is 0 Å². The molecule has 0 aromatic rings. The Kier molecular flexibility index (Phi) is 14.1. The molecule has 0 aliphatic carbocycles. The highest BCUT2D eigenvalue weighted by atomic mass is 32.2. The number of unbranched alkanes of at least 4 members (excludes halogenated alkanes) is 10. The van der Waals surface area contributed by atoms with Crippen molar-refractivity contribution in [1.82, 2.24) is 0 Å². The summed E-state index contributed by atoms with van der Waals surface area (Å²) in [6.07, 6.45) is 16.5. The molecule has 114 valence electrons. The van der Waals surface area contributed by atoms with E-state index in [1.54, 1.807) is 6.26 Å². The molecule has 1 unspecified atom stereocenters. The van der Waals surface area contributed by atoms with Gasteiger partial charge in [-0.3, -0.25) is 9.00 Å². The number of Topliss-reactive ketones (excluding diaryl/α,β-unsaturated/α-hetero) is 1. The van der Waals surface area contributed by atoms with Crippen LogP contribution in [0.15, 0.2) is 0 Å². The number of carbonyl (C=O) groups excluding carboxylic acids is 1. The first-order valence-electron chi connectivity index (χ1n) is 7.98. The maximum absolute atomic E-state index is 11.3. The minimum absolute atomic E-state index is 0.164. The number of hydrogen-bond acceptors (Lipinski definition) is 2. The lowest BCUT2D eigenvalue weighted by atomic mass is 10.0. The first kappa shape index (κ1) is 18.8. The van der Waals surface area contributed by atoms with Crippen LogP contribution in [-0.4, -0.2) is 22.0 Å². The van der Waals surface area contributed by atoms with Crippen LogP contribution in [-0.2, 0) is 15.6 Å². The molecule has 0 amide bonds. The summed E-state index contributed by atoms with van der Waals surface area (Å²) in [6, 6.07) is 0.